The molecule has 1 atom stereocenters. The van der Waals surface area contributed by atoms with E-state index in [0.717, 1.165) is 29.2 Å². The van der Waals surface area contributed by atoms with Crippen LogP contribution < -0.4 is 14.8 Å². The van der Waals surface area contributed by atoms with Crippen LogP contribution in [0.1, 0.15) is 20.3 Å². The molecule has 0 radical (unpaired) electrons. The fourth-order valence-corrected chi connectivity index (χ4v) is 3.73. The second kappa shape index (κ2) is 10.2. The summed E-state index contributed by atoms with van der Waals surface area (Å²) in [5.41, 5.74) is 1.78. The van der Waals surface area contributed by atoms with E-state index in [2.05, 4.69) is 15.5 Å². The average molecular weight is 427 g/mol. The molecule has 2 aromatic carbocycles. The molecule has 0 fully saturated rings. The first kappa shape index (κ1) is 21.7. The molecular formula is C22H26N4O3S. The third-order valence-corrected chi connectivity index (χ3v) is 5.56. The van der Waals surface area contributed by atoms with Crippen LogP contribution in [0.25, 0.3) is 17.1 Å². The summed E-state index contributed by atoms with van der Waals surface area (Å²) < 4.78 is 12.5. The molecule has 0 saturated carbocycles. The van der Waals surface area contributed by atoms with Gasteiger partial charge in [-0.25, -0.2) is 0 Å². The monoisotopic (exact) mass is 426 g/mol. The smallest absolute Gasteiger partial charge is 0.233 e. The number of thioether (sulfide) groups is 1. The van der Waals surface area contributed by atoms with Crippen LogP contribution in [0.4, 0.5) is 0 Å². The lowest BCUT2D eigenvalue weighted by Gasteiger charge is -2.14. The number of carbonyl (C=O) groups excluding carboxylic acids is 1. The first-order chi connectivity index (χ1) is 14.6. The Morgan fingerprint density at radius 3 is 2.20 bits per heavy atom. The molecule has 0 aliphatic carbocycles. The molecule has 0 aliphatic heterocycles. The lowest BCUT2D eigenvalue weighted by Crippen LogP contribution is -2.31. The molecule has 0 unspecified atom stereocenters. The number of benzene rings is 2. The van der Waals surface area contributed by atoms with Gasteiger partial charge in [-0.05, 0) is 61.9 Å². The lowest BCUT2D eigenvalue weighted by atomic mass is 10.2. The number of nitrogens with zero attached hydrogens (tertiary/aromatic N) is 3. The molecule has 1 heterocycles. The second-order valence-corrected chi connectivity index (χ2v) is 7.93. The minimum Gasteiger partial charge on any atom is -0.497 e. The van der Waals surface area contributed by atoms with Gasteiger partial charge in [0.2, 0.25) is 5.91 Å². The maximum atomic E-state index is 12.4. The highest BCUT2D eigenvalue weighted by Crippen LogP contribution is 2.31. The van der Waals surface area contributed by atoms with Crippen molar-refractivity contribution in [1.82, 2.24) is 20.1 Å². The van der Waals surface area contributed by atoms with Gasteiger partial charge in [0.15, 0.2) is 11.0 Å². The molecule has 1 amide bonds. The molecule has 3 aromatic rings. The fraction of sp³-hybridized carbons (Fsp3) is 0.318. The van der Waals surface area contributed by atoms with E-state index < -0.39 is 0 Å². The molecule has 0 bridgehead atoms. The molecule has 158 valence electrons. The number of hydrogen-bond acceptors (Lipinski definition) is 6. The molecule has 0 saturated heterocycles. The Kier molecular flexibility index (Phi) is 7.35. The van der Waals surface area contributed by atoms with Crippen molar-refractivity contribution in [3.8, 4) is 28.6 Å². The predicted molar refractivity (Wildman–Crippen MR) is 119 cm³/mol. The Labute approximate surface area is 180 Å². The van der Waals surface area contributed by atoms with E-state index in [4.69, 9.17) is 9.47 Å². The number of ether oxygens (including phenoxy) is 2. The fourth-order valence-electron chi connectivity index (χ4n) is 2.84. The van der Waals surface area contributed by atoms with Crippen molar-refractivity contribution in [2.45, 2.75) is 30.7 Å². The highest BCUT2D eigenvalue weighted by Gasteiger charge is 2.21. The van der Waals surface area contributed by atoms with Gasteiger partial charge in [-0.3, -0.25) is 9.36 Å². The Balaban J connectivity index is 1.99. The van der Waals surface area contributed by atoms with Crippen LogP contribution in [-0.4, -0.2) is 46.7 Å². The van der Waals surface area contributed by atoms with E-state index in [0.29, 0.717) is 17.5 Å². The Bertz CT molecular complexity index is 971. The van der Waals surface area contributed by atoms with E-state index in [9.17, 15) is 4.79 Å². The first-order valence-corrected chi connectivity index (χ1v) is 10.6. The van der Waals surface area contributed by atoms with Crippen LogP contribution in [-0.2, 0) is 4.79 Å². The van der Waals surface area contributed by atoms with Gasteiger partial charge in [-0.15, -0.1) is 10.2 Å². The zero-order valence-electron chi connectivity index (χ0n) is 17.6. The predicted octanol–water partition coefficient (Wildman–Crippen LogP) is 3.96. The molecule has 30 heavy (non-hydrogen) atoms. The molecule has 1 aromatic heterocycles. The van der Waals surface area contributed by atoms with Gasteiger partial charge >= 0.3 is 0 Å². The highest BCUT2D eigenvalue weighted by molar-refractivity contribution is 8.00. The van der Waals surface area contributed by atoms with Gasteiger partial charge in [-0.2, -0.15) is 0 Å². The van der Waals surface area contributed by atoms with Gasteiger partial charge in [0.05, 0.1) is 19.5 Å². The zero-order chi connectivity index (χ0) is 21.5. The summed E-state index contributed by atoms with van der Waals surface area (Å²) in [5, 5.41) is 12.1. The normalized spacial score (nSPS) is 11.7. The van der Waals surface area contributed by atoms with Gasteiger partial charge < -0.3 is 14.8 Å². The van der Waals surface area contributed by atoms with Gasteiger partial charge in [-0.1, -0.05) is 18.7 Å². The van der Waals surface area contributed by atoms with Crippen molar-refractivity contribution in [2.75, 3.05) is 20.8 Å². The van der Waals surface area contributed by atoms with Crippen molar-refractivity contribution in [2.24, 2.45) is 0 Å². The number of methoxy groups -OCH3 is 2. The molecule has 0 aliphatic rings. The quantitative estimate of drug-likeness (QED) is 0.522. The molecule has 0 spiro atoms. The summed E-state index contributed by atoms with van der Waals surface area (Å²) in [6.07, 6.45) is 0.896. The average Bonchev–Trinajstić information content (AvgIpc) is 3.20. The summed E-state index contributed by atoms with van der Waals surface area (Å²) in [7, 11) is 3.27. The number of aromatic nitrogens is 3. The zero-order valence-corrected chi connectivity index (χ0v) is 18.4. The van der Waals surface area contributed by atoms with Crippen LogP contribution in [0.2, 0.25) is 0 Å². The SMILES string of the molecule is CCCNC(=O)[C@@H](C)Sc1nnc(-c2ccc(OC)cc2)n1-c1ccc(OC)cc1. The minimum atomic E-state index is -0.304. The van der Waals surface area contributed by atoms with Crippen LogP contribution in [0, 0.1) is 0 Å². The van der Waals surface area contributed by atoms with E-state index in [1.165, 1.54) is 11.8 Å². The van der Waals surface area contributed by atoms with Crippen LogP contribution in [0.15, 0.2) is 53.7 Å². The van der Waals surface area contributed by atoms with Crippen molar-refractivity contribution < 1.29 is 14.3 Å². The summed E-state index contributed by atoms with van der Waals surface area (Å²) in [4.78, 5) is 12.4. The van der Waals surface area contributed by atoms with Crippen LogP contribution in [0.5, 0.6) is 11.5 Å². The Hall–Kier alpha value is -3.00. The molecule has 1 N–H and O–H groups in total. The van der Waals surface area contributed by atoms with Gasteiger partial charge in [0.25, 0.3) is 0 Å². The van der Waals surface area contributed by atoms with E-state index in [1.807, 2.05) is 66.9 Å². The van der Waals surface area contributed by atoms with Gasteiger partial charge in [0, 0.05) is 17.8 Å². The summed E-state index contributed by atoms with van der Waals surface area (Å²) in [5.74, 6) is 2.20. The van der Waals surface area contributed by atoms with Crippen molar-refractivity contribution in [3.63, 3.8) is 0 Å². The molecular weight excluding hydrogens is 400 g/mol. The molecule has 3 rings (SSSR count). The lowest BCUT2D eigenvalue weighted by molar-refractivity contribution is -0.120. The standard InChI is InChI=1S/C22H26N4O3S/c1-5-14-23-21(27)15(2)30-22-25-24-20(16-6-10-18(28-3)11-7-16)26(22)17-8-12-19(29-4)13-9-17/h6-13,15H,5,14H2,1-4H3,(H,23,27)/t15-/m1/s1. The third kappa shape index (κ3) is 4.94. The molecule has 8 heteroatoms. The van der Waals surface area contributed by atoms with E-state index in [1.54, 1.807) is 14.2 Å². The number of nitrogens with one attached hydrogen (secondary N) is 1. The third-order valence-electron chi connectivity index (χ3n) is 4.51. The van der Waals surface area contributed by atoms with Crippen molar-refractivity contribution in [3.05, 3.63) is 48.5 Å². The number of carbonyl (C=O) groups is 1. The largest absolute Gasteiger partial charge is 0.497 e. The van der Waals surface area contributed by atoms with Crippen LogP contribution in [0.3, 0.4) is 0 Å². The summed E-state index contributed by atoms with van der Waals surface area (Å²) >= 11 is 1.38. The number of rotatable bonds is 9. The van der Waals surface area contributed by atoms with Crippen LogP contribution >= 0.6 is 11.8 Å². The summed E-state index contributed by atoms with van der Waals surface area (Å²) in [6, 6.07) is 15.3. The maximum Gasteiger partial charge on any atom is 0.233 e. The first-order valence-electron chi connectivity index (χ1n) is 9.76. The summed E-state index contributed by atoms with van der Waals surface area (Å²) in [6.45, 7) is 4.56. The van der Waals surface area contributed by atoms with Crippen molar-refractivity contribution >= 4 is 17.7 Å². The highest BCUT2D eigenvalue weighted by atomic mass is 32.2. The van der Waals surface area contributed by atoms with Gasteiger partial charge in [0.1, 0.15) is 11.5 Å². The Morgan fingerprint density at radius 1 is 1.03 bits per heavy atom. The Morgan fingerprint density at radius 2 is 1.63 bits per heavy atom. The second-order valence-electron chi connectivity index (χ2n) is 6.62. The van der Waals surface area contributed by atoms with E-state index >= 15 is 0 Å². The molecule has 7 nitrogen and oxygen atoms in total. The topological polar surface area (TPSA) is 78.3 Å². The number of hydrogen-bond donors (Lipinski definition) is 1. The van der Waals surface area contributed by atoms with E-state index in [-0.39, 0.29) is 11.2 Å². The maximum absolute atomic E-state index is 12.4. The van der Waals surface area contributed by atoms with Crippen molar-refractivity contribution in [1.29, 1.82) is 0 Å². The number of amides is 1. The minimum absolute atomic E-state index is 0.0165.